The molecule has 1 amide bonds. The first-order chi connectivity index (χ1) is 14.9. The highest BCUT2D eigenvalue weighted by molar-refractivity contribution is 7.92. The Morgan fingerprint density at radius 2 is 1.74 bits per heavy atom. The van der Waals surface area contributed by atoms with Gasteiger partial charge in [-0.1, -0.05) is 24.9 Å². The van der Waals surface area contributed by atoms with Crippen molar-refractivity contribution in [1.82, 2.24) is 5.32 Å². The number of hydrogen-bond donors (Lipinski definition) is 2. The number of halogens is 1. The number of unbranched alkanes of at least 4 members (excludes halogenated alkanes) is 1. The van der Waals surface area contributed by atoms with Gasteiger partial charge in [-0.25, -0.2) is 8.42 Å². The van der Waals surface area contributed by atoms with E-state index in [2.05, 4.69) is 17.0 Å². The summed E-state index contributed by atoms with van der Waals surface area (Å²) in [5, 5.41) is 2.92. The minimum atomic E-state index is -3.90. The predicted octanol–water partition coefficient (Wildman–Crippen LogP) is 4.48. The number of carbonyl (C=O) groups excluding carboxylic acids is 1. The lowest BCUT2D eigenvalue weighted by Crippen LogP contribution is -2.26. The van der Waals surface area contributed by atoms with Gasteiger partial charge in [-0.2, -0.15) is 0 Å². The van der Waals surface area contributed by atoms with E-state index in [1.807, 2.05) is 6.92 Å². The maximum absolute atomic E-state index is 12.8. The Labute approximate surface area is 189 Å². The molecule has 0 aromatic heterocycles. The number of sulfonamides is 1. The summed E-state index contributed by atoms with van der Waals surface area (Å²) in [6, 6.07) is 10.6. The van der Waals surface area contributed by atoms with Crippen LogP contribution in [0.5, 0.6) is 5.75 Å². The second-order valence-corrected chi connectivity index (χ2v) is 8.87. The lowest BCUT2D eigenvalue weighted by Gasteiger charge is -2.12. The van der Waals surface area contributed by atoms with Crippen molar-refractivity contribution in [3.63, 3.8) is 0 Å². The second-order valence-electron chi connectivity index (χ2n) is 6.78. The van der Waals surface area contributed by atoms with E-state index >= 15 is 0 Å². The molecule has 0 spiro atoms. The Morgan fingerprint density at radius 3 is 2.42 bits per heavy atom. The number of hydrogen-bond acceptors (Lipinski definition) is 5. The first kappa shape index (κ1) is 25.0. The van der Waals surface area contributed by atoms with E-state index in [1.54, 1.807) is 24.3 Å². The van der Waals surface area contributed by atoms with Gasteiger partial charge < -0.3 is 14.8 Å². The molecule has 0 radical (unpaired) electrons. The molecule has 0 unspecified atom stereocenters. The van der Waals surface area contributed by atoms with E-state index in [1.165, 1.54) is 18.2 Å². The van der Waals surface area contributed by atoms with Gasteiger partial charge >= 0.3 is 0 Å². The Bertz CT molecular complexity index is 949. The Hall–Kier alpha value is -2.29. The smallest absolute Gasteiger partial charge is 0.261 e. The maximum atomic E-state index is 12.8. The van der Waals surface area contributed by atoms with Crippen LogP contribution in [-0.4, -0.2) is 40.7 Å². The van der Waals surface area contributed by atoms with E-state index < -0.39 is 15.9 Å². The van der Waals surface area contributed by atoms with Crippen LogP contribution in [0.2, 0.25) is 5.02 Å². The van der Waals surface area contributed by atoms with E-state index in [0.29, 0.717) is 44.2 Å². The average Bonchev–Trinajstić information content (AvgIpc) is 2.74. The van der Waals surface area contributed by atoms with Crippen LogP contribution in [0.25, 0.3) is 0 Å². The molecule has 0 aliphatic carbocycles. The zero-order valence-corrected chi connectivity index (χ0v) is 19.4. The third kappa shape index (κ3) is 8.05. The monoisotopic (exact) mass is 468 g/mol. The molecule has 0 bridgehead atoms. The van der Waals surface area contributed by atoms with Gasteiger partial charge in [0.2, 0.25) is 0 Å². The summed E-state index contributed by atoms with van der Waals surface area (Å²) in [6.45, 7) is 6.14. The summed E-state index contributed by atoms with van der Waals surface area (Å²) >= 11 is 6.13. The summed E-state index contributed by atoms with van der Waals surface area (Å²) in [5.74, 6) is 0.211. The molecule has 0 atom stereocenters. The van der Waals surface area contributed by atoms with Crippen molar-refractivity contribution in [2.24, 2.45) is 0 Å². The lowest BCUT2D eigenvalue weighted by atomic mass is 10.2. The van der Waals surface area contributed by atoms with Crippen molar-refractivity contribution in [1.29, 1.82) is 0 Å². The molecular weight excluding hydrogens is 440 g/mol. The molecule has 0 saturated carbocycles. The molecule has 2 aromatic rings. The van der Waals surface area contributed by atoms with Gasteiger partial charge in [0.15, 0.2) is 0 Å². The van der Waals surface area contributed by atoms with Crippen molar-refractivity contribution in [2.45, 2.75) is 38.0 Å². The topological polar surface area (TPSA) is 93.7 Å². The average molecular weight is 469 g/mol. The standard InChI is InChI=1S/C22H29ClN2O5S/c1-3-5-14-29-15-6-13-24-22(26)20-16-19(11-12-21(20)23)31(27,28)25-17-7-9-18(10-8-17)30-4-2/h7-12,16,25H,3-6,13-15H2,1-2H3,(H,24,26). The van der Waals surface area contributed by atoms with Gasteiger partial charge in [0, 0.05) is 25.4 Å². The van der Waals surface area contributed by atoms with Crippen LogP contribution in [0.3, 0.4) is 0 Å². The van der Waals surface area contributed by atoms with Crippen LogP contribution in [0.4, 0.5) is 5.69 Å². The third-order valence-electron chi connectivity index (χ3n) is 4.30. The van der Waals surface area contributed by atoms with Crippen LogP contribution in [0.15, 0.2) is 47.4 Å². The molecule has 7 nitrogen and oxygen atoms in total. The van der Waals surface area contributed by atoms with Gasteiger partial charge in [0.1, 0.15) is 5.75 Å². The number of carbonyl (C=O) groups is 1. The summed E-state index contributed by atoms with van der Waals surface area (Å²) < 4.78 is 38.8. The van der Waals surface area contributed by atoms with Crippen molar-refractivity contribution in [3.05, 3.63) is 53.1 Å². The van der Waals surface area contributed by atoms with E-state index in [-0.39, 0.29) is 15.5 Å². The molecule has 0 saturated heterocycles. The number of nitrogens with one attached hydrogen (secondary N) is 2. The Kier molecular flexibility index (Phi) is 10.1. The van der Waals surface area contributed by atoms with E-state index in [9.17, 15) is 13.2 Å². The summed E-state index contributed by atoms with van der Waals surface area (Å²) in [5.41, 5.74) is 0.482. The third-order valence-corrected chi connectivity index (χ3v) is 6.01. The van der Waals surface area contributed by atoms with Gasteiger partial charge in [-0.05, 0) is 62.2 Å². The minimum Gasteiger partial charge on any atom is -0.494 e. The van der Waals surface area contributed by atoms with Crippen molar-refractivity contribution in [3.8, 4) is 5.75 Å². The fourth-order valence-corrected chi connectivity index (χ4v) is 3.95. The number of benzene rings is 2. The summed E-state index contributed by atoms with van der Waals surface area (Å²) in [7, 11) is -3.90. The quantitative estimate of drug-likeness (QED) is 0.423. The molecule has 2 N–H and O–H groups in total. The van der Waals surface area contributed by atoms with Gasteiger partial charge in [-0.15, -0.1) is 0 Å². The number of rotatable bonds is 13. The van der Waals surface area contributed by atoms with Crippen LogP contribution >= 0.6 is 11.6 Å². The van der Waals surface area contributed by atoms with Crippen LogP contribution in [0, 0.1) is 0 Å². The first-order valence-electron chi connectivity index (χ1n) is 10.3. The fourth-order valence-electron chi connectivity index (χ4n) is 2.67. The van der Waals surface area contributed by atoms with Crippen LogP contribution in [-0.2, 0) is 14.8 Å². The Morgan fingerprint density at radius 1 is 1.03 bits per heavy atom. The maximum Gasteiger partial charge on any atom is 0.261 e. The zero-order chi connectivity index (χ0) is 22.7. The molecule has 2 aromatic carbocycles. The highest BCUT2D eigenvalue weighted by Gasteiger charge is 2.19. The number of ether oxygens (including phenoxy) is 2. The SMILES string of the molecule is CCCCOCCCNC(=O)c1cc(S(=O)(=O)Nc2ccc(OCC)cc2)ccc1Cl. The molecule has 31 heavy (non-hydrogen) atoms. The van der Waals surface area contributed by atoms with Crippen molar-refractivity contribution >= 4 is 33.2 Å². The summed E-state index contributed by atoms with van der Waals surface area (Å²) in [4.78, 5) is 12.4. The Balaban J connectivity index is 2.00. The molecule has 0 heterocycles. The molecule has 2 rings (SSSR count). The molecule has 9 heteroatoms. The largest absolute Gasteiger partial charge is 0.494 e. The van der Waals surface area contributed by atoms with Crippen molar-refractivity contribution in [2.75, 3.05) is 31.1 Å². The molecule has 0 fully saturated rings. The van der Waals surface area contributed by atoms with Crippen molar-refractivity contribution < 1.29 is 22.7 Å². The fraction of sp³-hybridized carbons (Fsp3) is 0.409. The number of amides is 1. The highest BCUT2D eigenvalue weighted by Crippen LogP contribution is 2.23. The highest BCUT2D eigenvalue weighted by atomic mass is 35.5. The molecule has 170 valence electrons. The normalized spacial score (nSPS) is 11.2. The van der Waals surface area contributed by atoms with Gasteiger partial charge in [0.05, 0.1) is 22.1 Å². The van der Waals surface area contributed by atoms with Crippen LogP contribution in [0.1, 0.15) is 43.5 Å². The lowest BCUT2D eigenvalue weighted by molar-refractivity contribution is 0.0940. The minimum absolute atomic E-state index is 0.0566. The van der Waals surface area contributed by atoms with E-state index in [0.717, 1.165) is 12.8 Å². The first-order valence-corrected chi connectivity index (χ1v) is 12.1. The second kappa shape index (κ2) is 12.5. The predicted molar refractivity (Wildman–Crippen MR) is 123 cm³/mol. The summed E-state index contributed by atoms with van der Waals surface area (Å²) in [6.07, 6.45) is 2.74. The molecule has 0 aliphatic rings. The van der Waals surface area contributed by atoms with E-state index in [4.69, 9.17) is 21.1 Å². The molecular formula is C22H29ClN2O5S. The van der Waals surface area contributed by atoms with Gasteiger partial charge in [-0.3, -0.25) is 9.52 Å². The molecule has 0 aliphatic heterocycles. The zero-order valence-electron chi connectivity index (χ0n) is 17.8. The van der Waals surface area contributed by atoms with Crippen LogP contribution < -0.4 is 14.8 Å². The number of anilines is 1. The van der Waals surface area contributed by atoms with Gasteiger partial charge in [0.25, 0.3) is 15.9 Å².